The molecule has 0 amide bonds. The summed E-state index contributed by atoms with van der Waals surface area (Å²) in [5, 5.41) is 13.2. The fraction of sp³-hybridized carbons (Fsp3) is 0.263. The first-order chi connectivity index (χ1) is 14.0. The number of aromatic nitrogens is 2. The van der Waals surface area contributed by atoms with Crippen molar-refractivity contribution in [3.05, 3.63) is 34.9 Å². The van der Waals surface area contributed by atoms with Crippen LogP contribution in [0.5, 0.6) is 23.0 Å². The van der Waals surface area contributed by atoms with Gasteiger partial charge in [0.25, 0.3) is 0 Å². The Kier molecular flexibility index (Phi) is 4.06. The number of methoxy groups -OCH3 is 1. The first kappa shape index (κ1) is 17.7. The van der Waals surface area contributed by atoms with Crippen molar-refractivity contribution in [1.82, 2.24) is 9.55 Å². The second-order valence-electron chi connectivity index (χ2n) is 6.71. The quantitative estimate of drug-likeness (QED) is 0.589. The molecule has 4 N–H and O–H groups in total. The molecule has 9 nitrogen and oxygen atoms in total. The first-order valence-corrected chi connectivity index (χ1v) is 9.41. The van der Waals surface area contributed by atoms with Gasteiger partial charge >= 0.3 is 0 Å². The maximum Gasteiger partial charge on any atom is 0.212 e. The molecule has 0 saturated carbocycles. The second kappa shape index (κ2) is 6.63. The summed E-state index contributed by atoms with van der Waals surface area (Å²) in [4.78, 5) is 9.17. The molecule has 2 aliphatic rings. The highest BCUT2D eigenvalue weighted by Gasteiger charge is 2.28. The molecule has 0 bridgehead atoms. The fourth-order valence-corrected chi connectivity index (χ4v) is 3.77. The molecule has 0 radical (unpaired) electrons. The second-order valence-corrected chi connectivity index (χ2v) is 7.12. The van der Waals surface area contributed by atoms with E-state index in [1.807, 2.05) is 16.7 Å². The number of ether oxygens (including phenoxy) is 3. The van der Waals surface area contributed by atoms with Crippen molar-refractivity contribution in [2.75, 3.05) is 25.6 Å². The van der Waals surface area contributed by atoms with Gasteiger partial charge in [-0.1, -0.05) is 11.6 Å². The SMILES string of the molecule is COc1cc([C@@H]2N=C(N)Nc3nc4cc5c(cc4n32)OCCCO5)cc(Cl)c1O. The van der Waals surface area contributed by atoms with Gasteiger partial charge in [-0.3, -0.25) is 9.88 Å². The summed E-state index contributed by atoms with van der Waals surface area (Å²) >= 11 is 6.20. The topological polar surface area (TPSA) is 116 Å². The predicted molar refractivity (Wildman–Crippen MR) is 108 cm³/mol. The van der Waals surface area contributed by atoms with Crippen LogP contribution in [0, 0.1) is 0 Å². The molecule has 10 heteroatoms. The van der Waals surface area contributed by atoms with Crippen molar-refractivity contribution >= 4 is 34.5 Å². The van der Waals surface area contributed by atoms with Crippen molar-refractivity contribution in [1.29, 1.82) is 0 Å². The summed E-state index contributed by atoms with van der Waals surface area (Å²) in [7, 11) is 1.46. The van der Waals surface area contributed by atoms with Crippen LogP contribution in [-0.2, 0) is 0 Å². The summed E-state index contributed by atoms with van der Waals surface area (Å²) in [5.41, 5.74) is 8.19. The number of phenols is 1. The van der Waals surface area contributed by atoms with Crippen LogP contribution < -0.4 is 25.3 Å². The molecule has 150 valence electrons. The van der Waals surface area contributed by atoms with E-state index in [2.05, 4.69) is 15.3 Å². The van der Waals surface area contributed by atoms with Gasteiger partial charge in [-0.2, -0.15) is 0 Å². The summed E-state index contributed by atoms with van der Waals surface area (Å²) in [6.45, 7) is 1.17. The lowest BCUT2D eigenvalue weighted by Gasteiger charge is -2.24. The maximum absolute atomic E-state index is 10.1. The van der Waals surface area contributed by atoms with E-state index in [0.29, 0.717) is 41.7 Å². The third kappa shape index (κ3) is 2.85. The molecule has 0 saturated heterocycles. The van der Waals surface area contributed by atoms with Crippen LogP contribution in [0.1, 0.15) is 18.2 Å². The molecule has 3 aromatic rings. The Hall–Kier alpha value is -3.33. The Balaban J connectivity index is 1.71. The van der Waals surface area contributed by atoms with Gasteiger partial charge in [-0.15, -0.1) is 0 Å². The molecule has 0 aliphatic carbocycles. The lowest BCUT2D eigenvalue weighted by molar-refractivity contribution is 0.297. The average molecular weight is 416 g/mol. The molecule has 1 aromatic heterocycles. The first-order valence-electron chi connectivity index (χ1n) is 9.03. The van der Waals surface area contributed by atoms with Crippen LogP contribution in [0.2, 0.25) is 5.02 Å². The third-order valence-electron chi connectivity index (χ3n) is 4.87. The number of phenolic OH excluding ortho intramolecular Hbond substituents is 1. The molecular formula is C19H18ClN5O4. The fourth-order valence-electron chi connectivity index (χ4n) is 3.55. The number of aromatic hydroxyl groups is 1. The van der Waals surface area contributed by atoms with Gasteiger partial charge in [-0.05, 0) is 12.1 Å². The number of hydrogen-bond donors (Lipinski definition) is 3. The van der Waals surface area contributed by atoms with E-state index in [-0.39, 0.29) is 22.5 Å². The van der Waals surface area contributed by atoms with E-state index in [1.165, 1.54) is 7.11 Å². The van der Waals surface area contributed by atoms with Crippen LogP contribution in [0.15, 0.2) is 29.3 Å². The molecule has 0 unspecified atom stereocenters. The van der Waals surface area contributed by atoms with E-state index >= 15 is 0 Å². The highest BCUT2D eigenvalue weighted by molar-refractivity contribution is 6.32. The number of benzene rings is 2. The summed E-state index contributed by atoms with van der Waals surface area (Å²) in [6.07, 6.45) is 0.252. The molecule has 2 aliphatic heterocycles. The molecule has 0 spiro atoms. The van der Waals surface area contributed by atoms with Gasteiger partial charge in [0.05, 0.1) is 36.4 Å². The Morgan fingerprint density at radius 3 is 2.76 bits per heavy atom. The largest absolute Gasteiger partial charge is 0.503 e. The molecule has 1 atom stereocenters. The number of halogens is 1. The number of imidazole rings is 1. The number of nitrogens with zero attached hydrogens (tertiary/aromatic N) is 3. The standard InChI is InChI=1S/C19H18ClN5O4/c1-27-15-6-9(5-10(20)16(15)26)17-23-18(21)24-19-22-11-7-13-14(8-12(11)25(17)19)29-4-2-3-28-13/h5-8,17,26H,2-4H2,1H3,(H3,21,22,23,24)/t17-/m1/s1. The van der Waals surface area contributed by atoms with Gasteiger partial charge < -0.3 is 25.1 Å². The Morgan fingerprint density at radius 1 is 1.24 bits per heavy atom. The minimum absolute atomic E-state index is 0.129. The lowest BCUT2D eigenvalue weighted by Crippen LogP contribution is -2.31. The van der Waals surface area contributed by atoms with Crippen molar-refractivity contribution < 1.29 is 19.3 Å². The Bertz CT molecular complexity index is 1160. The number of nitrogens with two attached hydrogens (primary N) is 1. The monoisotopic (exact) mass is 415 g/mol. The number of aliphatic imine (C=N–C) groups is 1. The van der Waals surface area contributed by atoms with Crippen molar-refractivity contribution in [2.45, 2.75) is 12.6 Å². The van der Waals surface area contributed by atoms with Crippen molar-refractivity contribution in [3.63, 3.8) is 0 Å². The molecule has 2 aromatic carbocycles. The van der Waals surface area contributed by atoms with Crippen LogP contribution in [0.4, 0.5) is 5.95 Å². The zero-order chi connectivity index (χ0) is 20.1. The summed E-state index contributed by atoms with van der Waals surface area (Å²) in [6, 6.07) is 7.04. The van der Waals surface area contributed by atoms with E-state index in [4.69, 9.17) is 31.5 Å². The van der Waals surface area contributed by atoms with Crippen LogP contribution in [-0.4, -0.2) is 40.9 Å². The number of nitrogens with one attached hydrogen (secondary N) is 1. The predicted octanol–water partition coefficient (Wildman–Crippen LogP) is 2.85. The van der Waals surface area contributed by atoms with Crippen molar-refractivity contribution in [3.8, 4) is 23.0 Å². The zero-order valence-corrected chi connectivity index (χ0v) is 16.2. The molecule has 5 rings (SSSR count). The zero-order valence-electron chi connectivity index (χ0n) is 15.5. The molecule has 0 fully saturated rings. The van der Waals surface area contributed by atoms with Gasteiger partial charge in [0, 0.05) is 24.1 Å². The number of anilines is 1. The van der Waals surface area contributed by atoms with Crippen LogP contribution in [0.3, 0.4) is 0 Å². The third-order valence-corrected chi connectivity index (χ3v) is 5.16. The summed E-state index contributed by atoms with van der Waals surface area (Å²) in [5.74, 6) is 2.17. The summed E-state index contributed by atoms with van der Waals surface area (Å²) < 4.78 is 18.7. The molecule has 3 heterocycles. The highest BCUT2D eigenvalue weighted by atomic mass is 35.5. The minimum Gasteiger partial charge on any atom is -0.503 e. The van der Waals surface area contributed by atoms with E-state index in [0.717, 1.165) is 11.9 Å². The number of fused-ring (bicyclic) bond motifs is 4. The average Bonchev–Trinajstić information content (AvgIpc) is 2.89. The minimum atomic E-state index is -0.562. The van der Waals surface area contributed by atoms with E-state index < -0.39 is 6.17 Å². The Morgan fingerprint density at radius 2 is 2.00 bits per heavy atom. The van der Waals surface area contributed by atoms with Gasteiger partial charge in [0.2, 0.25) is 5.95 Å². The highest BCUT2D eigenvalue weighted by Crippen LogP contribution is 2.42. The van der Waals surface area contributed by atoms with Crippen molar-refractivity contribution in [2.24, 2.45) is 10.7 Å². The lowest BCUT2D eigenvalue weighted by atomic mass is 10.1. The van der Waals surface area contributed by atoms with Gasteiger partial charge in [0.1, 0.15) is 0 Å². The number of guanidine groups is 1. The van der Waals surface area contributed by atoms with Crippen LogP contribution >= 0.6 is 11.6 Å². The van der Waals surface area contributed by atoms with E-state index in [1.54, 1.807) is 12.1 Å². The van der Waals surface area contributed by atoms with E-state index in [9.17, 15) is 5.11 Å². The number of rotatable bonds is 2. The normalized spacial score (nSPS) is 17.9. The van der Waals surface area contributed by atoms with Gasteiger partial charge in [-0.25, -0.2) is 9.98 Å². The molecule has 29 heavy (non-hydrogen) atoms. The smallest absolute Gasteiger partial charge is 0.212 e. The molecular weight excluding hydrogens is 398 g/mol. The number of hydrogen-bond acceptors (Lipinski definition) is 8. The maximum atomic E-state index is 10.1. The van der Waals surface area contributed by atoms with Crippen LogP contribution in [0.25, 0.3) is 11.0 Å². The Labute approximate surface area is 170 Å². The van der Waals surface area contributed by atoms with Gasteiger partial charge in [0.15, 0.2) is 35.1 Å².